The van der Waals surface area contributed by atoms with Crippen LogP contribution in [0.3, 0.4) is 0 Å². The van der Waals surface area contributed by atoms with Crippen molar-refractivity contribution in [1.29, 1.82) is 0 Å². The van der Waals surface area contributed by atoms with Gasteiger partial charge in [0.2, 0.25) is 0 Å². The number of rotatable bonds is 5. The highest BCUT2D eigenvalue weighted by molar-refractivity contribution is 7.45. The molecule has 0 bridgehead atoms. The van der Waals surface area contributed by atoms with Gasteiger partial charge in [0.25, 0.3) is 0 Å². The fourth-order valence-electron chi connectivity index (χ4n) is 1.64. The Morgan fingerprint density at radius 2 is 1.27 bits per heavy atom. The normalized spacial score (nSPS) is 15.1. The van der Waals surface area contributed by atoms with Crippen molar-refractivity contribution in [1.82, 2.24) is 0 Å². The van der Waals surface area contributed by atoms with E-state index in [1.54, 1.807) is 6.92 Å². The van der Waals surface area contributed by atoms with E-state index in [2.05, 4.69) is 5.32 Å². The minimum absolute atomic E-state index is 0.408. The molecule has 0 spiro atoms. The van der Waals surface area contributed by atoms with E-state index < -0.39 is 44.6 Å². The van der Waals surface area contributed by atoms with Crippen LogP contribution in [0.2, 0.25) is 0 Å². The summed E-state index contributed by atoms with van der Waals surface area (Å²) in [6.45, 7) is 4.07. The monoisotopic (exact) mass is 362 g/mol. The van der Waals surface area contributed by atoms with Crippen LogP contribution in [0.15, 0.2) is 0 Å². The zero-order chi connectivity index (χ0) is 18.4. The van der Waals surface area contributed by atoms with Gasteiger partial charge in [-0.15, -0.1) is 11.6 Å². The molecule has 0 aromatic heterocycles. The number of halogens is 6. The van der Waals surface area contributed by atoms with Crippen molar-refractivity contribution in [2.24, 2.45) is 0 Å². The van der Waals surface area contributed by atoms with Crippen molar-refractivity contribution >= 4 is 7.82 Å². The Morgan fingerprint density at radius 3 is 1.45 bits per heavy atom. The van der Waals surface area contributed by atoms with Crippen LogP contribution in [-0.4, -0.2) is 38.6 Å². The zero-order valence-corrected chi connectivity index (χ0v) is 13.0. The predicted molar refractivity (Wildman–Crippen MR) is 67.1 cm³/mol. The van der Waals surface area contributed by atoms with Crippen LogP contribution in [0.25, 0.3) is 5.32 Å². The molecule has 0 radical (unpaired) electrons. The number of hydrogen-bond donors (Lipinski definition) is 3. The van der Waals surface area contributed by atoms with Gasteiger partial charge in [0.05, 0.1) is 0 Å². The zero-order valence-electron chi connectivity index (χ0n) is 12.1. The van der Waals surface area contributed by atoms with E-state index in [0.29, 0.717) is 6.42 Å². The molecular weight excluding hydrogens is 343 g/mol. The van der Waals surface area contributed by atoms with Gasteiger partial charge in [0.15, 0.2) is 0 Å². The maximum Gasteiger partial charge on any atom is 0.466 e. The number of alkyl halides is 6. The summed E-state index contributed by atoms with van der Waals surface area (Å²) in [6, 6.07) is -0.523. The summed E-state index contributed by atoms with van der Waals surface area (Å²) < 4.78 is 82.4. The van der Waals surface area contributed by atoms with Crippen LogP contribution in [-0.2, 0) is 4.57 Å². The van der Waals surface area contributed by atoms with Crippen LogP contribution < -0.4 is 0 Å². The number of nitrogens with zero attached hydrogens (tertiary/aromatic N) is 1. The topological polar surface area (TPSA) is 91.9 Å². The molecule has 0 aromatic rings. The highest BCUT2D eigenvalue weighted by Crippen LogP contribution is 2.41. The van der Waals surface area contributed by atoms with Gasteiger partial charge in [0, 0.05) is 12.8 Å². The minimum atomic E-state index is -4.66. The molecule has 1 unspecified atom stereocenters. The average Bonchev–Trinajstić information content (AvgIpc) is 2.06. The Balaban J connectivity index is 0. The summed E-state index contributed by atoms with van der Waals surface area (Å²) in [5.74, 6) is 0. The second kappa shape index (κ2) is 8.49. The summed E-state index contributed by atoms with van der Waals surface area (Å²) >= 11 is 0. The molecule has 0 heterocycles. The first-order chi connectivity index (χ1) is 9.37. The quantitative estimate of drug-likeness (QED) is 0.511. The Bertz CT molecular complexity index is 343. The van der Waals surface area contributed by atoms with Gasteiger partial charge in [-0.05, 0) is 0 Å². The van der Waals surface area contributed by atoms with Crippen LogP contribution in [0, 0.1) is 0 Å². The van der Waals surface area contributed by atoms with Crippen LogP contribution in [0.4, 0.5) is 26.3 Å². The fourth-order valence-corrected chi connectivity index (χ4v) is 1.64. The third-order valence-electron chi connectivity index (χ3n) is 2.29. The Kier molecular flexibility index (Phi) is 9.22. The van der Waals surface area contributed by atoms with Gasteiger partial charge in [-0.25, -0.2) is 4.57 Å². The Labute approximate surface area is 124 Å². The van der Waals surface area contributed by atoms with Crippen LogP contribution in [0.1, 0.15) is 40.0 Å². The second-order valence-corrected chi connectivity index (χ2v) is 6.01. The third kappa shape index (κ3) is 19.7. The second-order valence-electron chi connectivity index (χ2n) is 4.98. The van der Waals surface area contributed by atoms with Crippen LogP contribution in [0.5, 0.6) is 0 Å². The first-order valence-electron chi connectivity index (χ1n) is 6.01. The maximum absolute atomic E-state index is 12.3. The molecule has 22 heavy (non-hydrogen) atoms. The molecule has 0 fully saturated rings. The fraction of sp³-hybridized carbons (Fsp3) is 1.00. The van der Waals surface area contributed by atoms with Gasteiger partial charge in [0.1, 0.15) is 0 Å². The maximum atomic E-state index is 12.3. The molecule has 0 saturated carbocycles. The smallest absolute Gasteiger partial charge is 0.466 e. The summed E-state index contributed by atoms with van der Waals surface area (Å²) in [6.07, 6.45) is -12.0. The molecule has 0 aliphatic carbocycles. The summed E-state index contributed by atoms with van der Waals surface area (Å²) in [5.41, 5.74) is -2.13. The lowest BCUT2D eigenvalue weighted by molar-refractivity contribution is -0.171. The highest BCUT2D eigenvalue weighted by Gasteiger charge is 2.41. The van der Waals surface area contributed by atoms with Gasteiger partial charge in [-0.2, -0.15) is 26.3 Å². The average molecular weight is 362 g/mol. The van der Waals surface area contributed by atoms with Crippen LogP contribution >= 0.6 is 7.82 Å². The van der Waals surface area contributed by atoms with Gasteiger partial charge >= 0.3 is 20.2 Å². The van der Waals surface area contributed by atoms with Gasteiger partial charge < -0.3 is 20.0 Å². The molecule has 1 atom stereocenters. The lowest BCUT2D eigenvalue weighted by Crippen LogP contribution is -2.37. The van der Waals surface area contributed by atoms with Gasteiger partial charge in [-0.1, -0.05) is 27.2 Å². The summed E-state index contributed by atoms with van der Waals surface area (Å²) in [7, 11) is -4.64. The largest absolute Gasteiger partial charge is 0.654 e. The molecule has 0 aliphatic rings. The van der Waals surface area contributed by atoms with Crippen molar-refractivity contribution in [3.8, 4) is 0 Å². The molecule has 0 aromatic carbocycles. The molecule has 0 saturated heterocycles. The van der Waals surface area contributed by atoms with E-state index in [9.17, 15) is 26.3 Å². The van der Waals surface area contributed by atoms with E-state index in [4.69, 9.17) is 19.2 Å². The van der Waals surface area contributed by atoms with E-state index in [-0.39, 0.29) is 0 Å². The van der Waals surface area contributed by atoms with Crippen molar-refractivity contribution < 1.29 is 45.6 Å². The number of phosphoric acid groups is 1. The molecule has 5 nitrogen and oxygen atoms in total. The molecular formula is C10H19F6NO4P-. The van der Waals surface area contributed by atoms with E-state index in [1.165, 1.54) is 6.92 Å². The molecule has 0 amide bonds. The number of hydrogen-bond acceptors (Lipinski definition) is 1. The first kappa shape index (κ1) is 23.9. The Hall–Kier alpha value is -0.350. The van der Waals surface area contributed by atoms with E-state index in [0.717, 1.165) is 6.92 Å². The summed E-state index contributed by atoms with van der Waals surface area (Å²) in [5, 5.41) is 3.66. The molecule has 0 rings (SSSR count). The highest BCUT2D eigenvalue weighted by atomic mass is 31.2. The third-order valence-corrected chi connectivity index (χ3v) is 2.29. The predicted octanol–water partition coefficient (Wildman–Crippen LogP) is 3.89. The molecule has 12 heteroatoms. The van der Waals surface area contributed by atoms with Crippen molar-refractivity contribution in [3.63, 3.8) is 0 Å². The van der Waals surface area contributed by atoms with Crippen molar-refractivity contribution in [3.05, 3.63) is 5.32 Å². The summed E-state index contributed by atoms with van der Waals surface area (Å²) in [4.78, 5) is 21.6. The SMILES string of the molecule is CCC(C)[N-]C(C)(CC(F)(F)F)CC(F)(F)F.O=P(O)(O)O. The van der Waals surface area contributed by atoms with Crippen molar-refractivity contribution in [2.75, 3.05) is 0 Å². The standard InChI is InChI=1S/C10H16F6N.H3O4P/c1-4-7(2)17-8(3,5-9(11,12)13)6-10(14,15)16;1-5(2,3)4/h7H,4-6H2,1-3H3;(H3,1,2,3,4)/q-1;. The molecule has 3 N–H and O–H groups in total. The van der Waals surface area contributed by atoms with E-state index in [1.807, 2.05) is 0 Å². The van der Waals surface area contributed by atoms with Gasteiger partial charge in [-0.3, -0.25) is 0 Å². The lowest BCUT2D eigenvalue weighted by Gasteiger charge is -2.48. The lowest BCUT2D eigenvalue weighted by atomic mass is 9.91. The Morgan fingerprint density at radius 1 is 1.00 bits per heavy atom. The molecule has 136 valence electrons. The van der Waals surface area contributed by atoms with E-state index >= 15 is 0 Å². The van der Waals surface area contributed by atoms with Crippen molar-refractivity contribution in [2.45, 2.75) is 64.0 Å². The first-order valence-corrected chi connectivity index (χ1v) is 7.57. The minimum Gasteiger partial charge on any atom is -0.654 e. The molecule has 0 aliphatic heterocycles.